The highest BCUT2D eigenvalue weighted by molar-refractivity contribution is 7.14. The maximum absolute atomic E-state index is 12.6. The van der Waals surface area contributed by atoms with Crippen molar-refractivity contribution in [3.8, 4) is 10.7 Å². The van der Waals surface area contributed by atoms with Gasteiger partial charge in [0.25, 0.3) is 0 Å². The van der Waals surface area contributed by atoms with Crippen LogP contribution in [0.15, 0.2) is 24.5 Å². The molecular formula is C10H9FN2S. The Hall–Kier alpha value is -1.29. The molecule has 0 saturated heterocycles. The zero-order valence-electron chi connectivity index (χ0n) is 7.70. The average molecular weight is 208 g/mol. The summed E-state index contributed by atoms with van der Waals surface area (Å²) in [5.74, 6) is -0.318. The SMILES string of the molecule is CCc1cnc(-c2ccc(F)cn2)s1. The van der Waals surface area contributed by atoms with E-state index in [1.165, 1.54) is 17.1 Å². The van der Waals surface area contributed by atoms with Crippen molar-refractivity contribution >= 4 is 11.3 Å². The van der Waals surface area contributed by atoms with Crippen molar-refractivity contribution in [2.75, 3.05) is 0 Å². The number of nitrogens with zero attached hydrogens (tertiary/aromatic N) is 2. The number of hydrogen-bond donors (Lipinski definition) is 0. The number of hydrogen-bond acceptors (Lipinski definition) is 3. The standard InChI is InChI=1S/C10H9FN2S/c1-2-8-6-13-10(14-8)9-4-3-7(11)5-12-9/h3-6H,2H2,1H3. The summed E-state index contributed by atoms with van der Waals surface area (Å²) in [6.07, 6.45) is 4.02. The molecule has 0 aromatic carbocycles. The first kappa shape index (κ1) is 9.27. The minimum absolute atomic E-state index is 0.318. The van der Waals surface area contributed by atoms with Gasteiger partial charge in [-0.25, -0.2) is 9.37 Å². The molecule has 0 radical (unpaired) electrons. The van der Waals surface area contributed by atoms with E-state index in [-0.39, 0.29) is 5.82 Å². The van der Waals surface area contributed by atoms with Crippen LogP contribution in [0.1, 0.15) is 11.8 Å². The lowest BCUT2D eigenvalue weighted by Crippen LogP contribution is -1.82. The Kier molecular flexibility index (Phi) is 2.54. The second kappa shape index (κ2) is 3.84. The number of aryl methyl sites for hydroxylation is 1. The molecule has 0 amide bonds. The summed E-state index contributed by atoms with van der Waals surface area (Å²) in [5, 5.41) is 0.849. The van der Waals surface area contributed by atoms with Crippen LogP contribution in [0.4, 0.5) is 4.39 Å². The molecule has 0 saturated carbocycles. The molecule has 2 nitrogen and oxygen atoms in total. The quantitative estimate of drug-likeness (QED) is 0.758. The van der Waals surface area contributed by atoms with E-state index in [4.69, 9.17) is 0 Å². The van der Waals surface area contributed by atoms with Crippen molar-refractivity contribution < 1.29 is 4.39 Å². The molecule has 2 aromatic rings. The van der Waals surface area contributed by atoms with Crippen LogP contribution in [-0.2, 0) is 6.42 Å². The molecule has 0 unspecified atom stereocenters. The number of pyridine rings is 1. The van der Waals surface area contributed by atoms with Gasteiger partial charge in [-0.1, -0.05) is 6.92 Å². The maximum Gasteiger partial charge on any atom is 0.142 e. The fourth-order valence-corrected chi connectivity index (χ4v) is 1.92. The van der Waals surface area contributed by atoms with E-state index in [1.54, 1.807) is 17.4 Å². The maximum atomic E-state index is 12.6. The van der Waals surface area contributed by atoms with E-state index in [9.17, 15) is 4.39 Å². The first-order chi connectivity index (χ1) is 6.79. The number of aromatic nitrogens is 2. The predicted molar refractivity (Wildman–Crippen MR) is 54.7 cm³/mol. The molecule has 0 N–H and O–H groups in total. The van der Waals surface area contributed by atoms with Gasteiger partial charge in [0.15, 0.2) is 0 Å². The summed E-state index contributed by atoms with van der Waals surface area (Å²) in [6, 6.07) is 3.04. The third-order valence-corrected chi connectivity index (χ3v) is 3.01. The topological polar surface area (TPSA) is 25.8 Å². The number of rotatable bonds is 2. The van der Waals surface area contributed by atoms with Gasteiger partial charge in [-0.05, 0) is 18.6 Å². The van der Waals surface area contributed by atoms with E-state index in [0.717, 1.165) is 17.1 Å². The summed E-state index contributed by atoms with van der Waals surface area (Å²) in [4.78, 5) is 9.40. The van der Waals surface area contributed by atoms with Gasteiger partial charge in [-0.3, -0.25) is 4.98 Å². The molecule has 0 spiro atoms. The van der Waals surface area contributed by atoms with Crippen LogP contribution in [-0.4, -0.2) is 9.97 Å². The van der Waals surface area contributed by atoms with Crippen LogP contribution in [0.25, 0.3) is 10.7 Å². The summed E-state index contributed by atoms with van der Waals surface area (Å²) in [7, 11) is 0. The Labute approximate surface area is 85.5 Å². The van der Waals surface area contributed by atoms with Gasteiger partial charge in [0.2, 0.25) is 0 Å². The normalized spacial score (nSPS) is 10.4. The Morgan fingerprint density at radius 3 is 2.71 bits per heavy atom. The molecule has 0 atom stereocenters. The minimum atomic E-state index is -0.318. The largest absolute Gasteiger partial charge is 0.251 e. The zero-order valence-corrected chi connectivity index (χ0v) is 8.51. The van der Waals surface area contributed by atoms with Crippen molar-refractivity contribution in [3.63, 3.8) is 0 Å². The molecule has 0 fully saturated rings. The monoisotopic (exact) mass is 208 g/mol. The number of halogens is 1. The highest BCUT2D eigenvalue weighted by atomic mass is 32.1. The Morgan fingerprint density at radius 1 is 1.29 bits per heavy atom. The Bertz CT molecular complexity index is 422. The van der Waals surface area contributed by atoms with Crippen molar-refractivity contribution in [2.45, 2.75) is 13.3 Å². The Morgan fingerprint density at radius 2 is 2.14 bits per heavy atom. The Balaban J connectivity index is 2.34. The van der Waals surface area contributed by atoms with Crippen LogP contribution in [0.3, 0.4) is 0 Å². The van der Waals surface area contributed by atoms with Gasteiger partial charge in [0, 0.05) is 11.1 Å². The molecule has 0 bridgehead atoms. The van der Waals surface area contributed by atoms with Gasteiger partial charge in [-0.2, -0.15) is 0 Å². The van der Waals surface area contributed by atoms with Gasteiger partial charge in [0.05, 0.1) is 11.9 Å². The first-order valence-electron chi connectivity index (χ1n) is 4.36. The molecule has 0 aliphatic rings. The van der Waals surface area contributed by atoms with Crippen molar-refractivity contribution in [2.24, 2.45) is 0 Å². The fraction of sp³-hybridized carbons (Fsp3) is 0.200. The predicted octanol–water partition coefficient (Wildman–Crippen LogP) is 2.91. The van der Waals surface area contributed by atoms with Gasteiger partial charge < -0.3 is 0 Å². The van der Waals surface area contributed by atoms with Gasteiger partial charge in [0.1, 0.15) is 10.8 Å². The average Bonchev–Trinajstić information content (AvgIpc) is 2.67. The molecule has 4 heteroatoms. The smallest absolute Gasteiger partial charge is 0.142 e. The minimum Gasteiger partial charge on any atom is -0.251 e. The molecular weight excluding hydrogens is 199 g/mol. The molecule has 0 aliphatic carbocycles. The van der Waals surface area contributed by atoms with E-state index >= 15 is 0 Å². The van der Waals surface area contributed by atoms with Crippen molar-refractivity contribution in [1.29, 1.82) is 0 Å². The third-order valence-electron chi connectivity index (χ3n) is 1.85. The highest BCUT2D eigenvalue weighted by Crippen LogP contribution is 2.23. The fourth-order valence-electron chi connectivity index (χ4n) is 1.09. The second-order valence-electron chi connectivity index (χ2n) is 2.85. The lowest BCUT2D eigenvalue weighted by molar-refractivity contribution is 0.622. The summed E-state index contributed by atoms with van der Waals surface area (Å²) < 4.78 is 12.6. The van der Waals surface area contributed by atoms with E-state index in [1.807, 2.05) is 6.20 Å². The summed E-state index contributed by atoms with van der Waals surface area (Å²) in [6.45, 7) is 2.08. The molecule has 14 heavy (non-hydrogen) atoms. The second-order valence-corrected chi connectivity index (χ2v) is 3.96. The molecule has 2 rings (SSSR count). The summed E-state index contributed by atoms with van der Waals surface area (Å²) >= 11 is 1.60. The van der Waals surface area contributed by atoms with Gasteiger partial charge >= 0.3 is 0 Å². The van der Waals surface area contributed by atoms with E-state index < -0.39 is 0 Å². The van der Waals surface area contributed by atoms with Crippen molar-refractivity contribution in [3.05, 3.63) is 35.2 Å². The molecule has 0 aliphatic heterocycles. The van der Waals surface area contributed by atoms with E-state index in [0.29, 0.717) is 0 Å². The first-order valence-corrected chi connectivity index (χ1v) is 5.18. The van der Waals surface area contributed by atoms with Crippen molar-refractivity contribution in [1.82, 2.24) is 9.97 Å². The van der Waals surface area contributed by atoms with Crippen LogP contribution in [0, 0.1) is 5.82 Å². The third kappa shape index (κ3) is 1.80. The zero-order chi connectivity index (χ0) is 9.97. The lowest BCUT2D eigenvalue weighted by atomic mass is 10.3. The van der Waals surface area contributed by atoms with Crippen LogP contribution in [0.2, 0.25) is 0 Å². The van der Waals surface area contributed by atoms with Gasteiger partial charge in [-0.15, -0.1) is 11.3 Å². The van der Waals surface area contributed by atoms with Crippen LogP contribution < -0.4 is 0 Å². The molecule has 2 heterocycles. The molecule has 72 valence electrons. The van der Waals surface area contributed by atoms with Crippen LogP contribution >= 0.6 is 11.3 Å². The summed E-state index contributed by atoms with van der Waals surface area (Å²) in [5.41, 5.74) is 0.733. The van der Waals surface area contributed by atoms with E-state index in [2.05, 4.69) is 16.9 Å². The molecule has 2 aromatic heterocycles. The highest BCUT2D eigenvalue weighted by Gasteiger charge is 2.04. The lowest BCUT2D eigenvalue weighted by Gasteiger charge is -1.93. The van der Waals surface area contributed by atoms with Crippen LogP contribution in [0.5, 0.6) is 0 Å². The number of thiazole rings is 1.